The summed E-state index contributed by atoms with van der Waals surface area (Å²) in [4.78, 5) is 4.38. The summed E-state index contributed by atoms with van der Waals surface area (Å²) in [6.45, 7) is 0. The minimum absolute atomic E-state index is 0. The van der Waals surface area contributed by atoms with Crippen molar-refractivity contribution in [3.63, 3.8) is 0 Å². The number of hydrogen-bond donors (Lipinski definition) is 0. The Morgan fingerprint density at radius 2 is 1.56 bits per heavy atom. The van der Waals surface area contributed by atoms with Gasteiger partial charge in [-0.3, -0.25) is 4.98 Å². The maximum atomic E-state index is 4.38. The number of halogens is 1. The Balaban J connectivity index is 0.00000120. The molecule has 3 aromatic rings. The number of nitrogens with zero attached hydrogens (tertiary/aromatic N) is 1. The largest absolute Gasteiger partial charge is 0.261 e. The molecule has 90 valence electrons. The average molecular weight is 256 g/mol. The van der Waals surface area contributed by atoms with Gasteiger partial charge in [-0.1, -0.05) is 48.5 Å². The predicted octanol–water partition coefficient (Wildman–Crippen LogP) is 4.25. The Kier molecular flexibility index (Phi) is 3.96. The van der Waals surface area contributed by atoms with E-state index in [0.717, 1.165) is 12.1 Å². The second-order valence-corrected chi connectivity index (χ2v) is 4.14. The lowest BCUT2D eigenvalue weighted by Crippen LogP contribution is -1.92. The third-order valence-electron chi connectivity index (χ3n) is 2.98. The molecule has 0 N–H and O–H groups in total. The van der Waals surface area contributed by atoms with Crippen molar-refractivity contribution in [1.82, 2.24) is 4.98 Å². The second kappa shape index (κ2) is 5.65. The van der Waals surface area contributed by atoms with Gasteiger partial charge in [0.1, 0.15) is 0 Å². The molecule has 3 rings (SSSR count). The fraction of sp³-hybridized carbons (Fsp3) is 0.0625. The second-order valence-electron chi connectivity index (χ2n) is 4.14. The molecular formula is C16H14ClN. The molecule has 0 saturated heterocycles. The van der Waals surface area contributed by atoms with Crippen molar-refractivity contribution in [2.45, 2.75) is 6.42 Å². The lowest BCUT2D eigenvalue weighted by molar-refractivity contribution is 1.08. The highest BCUT2D eigenvalue weighted by Gasteiger charge is 2.01. The van der Waals surface area contributed by atoms with E-state index in [1.165, 1.54) is 16.3 Å². The normalized spacial score (nSPS) is 10.0. The van der Waals surface area contributed by atoms with Crippen molar-refractivity contribution >= 4 is 23.2 Å². The summed E-state index contributed by atoms with van der Waals surface area (Å²) in [6.07, 6.45) is 2.74. The first-order valence-electron chi connectivity index (χ1n) is 5.80. The van der Waals surface area contributed by atoms with Gasteiger partial charge < -0.3 is 0 Å². The van der Waals surface area contributed by atoms with Crippen LogP contribution in [0.3, 0.4) is 0 Å². The third kappa shape index (κ3) is 2.52. The van der Waals surface area contributed by atoms with E-state index >= 15 is 0 Å². The number of hydrogen-bond acceptors (Lipinski definition) is 1. The lowest BCUT2D eigenvalue weighted by Gasteiger charge is -2.05. The molecule has 2 aromatic carbocycles. The number of aromatic nitrogens is 1. The summed E-state index contributed by atoms with van der Waals surface area (Å²) in [6, 6.07) is 21.0. The molecule has 0 unspecified atom stereocenters. The third-order valence-corrected chi connectivity index (χ3v) is 2.98. The van der Waals surface area contributed by atoms with E-state index < -0.39 is 0 Å². The van der Waals surface area contributed by atoms with Crippen LogP contribution >= 0.6 is 12.4 Å². The highest BCUT2D eigenvalue weighted by molar-refractivity contribution is 5.86. The fourth-order valence-corrected chi connectivity index (χ4v) is 2.14. The molecule has 18 heavy (non-hydrogen) atoms. The van der Waals surface area contributed by atoms with Gasteiger partial charge in [-0.05, 0) is 28.5 Å². The average Bonchev–Trinajstić information content (AvgIpc) is 2.40. The Morgan fingerprint density at radius 1 is 0.778 bits per heavy atom. The van der Waals surface area contributed by atoms with Crippen LogP contribution in [0.15, 0.2) is 66.9 Å². The zero-order valence-electron chi connectivity index (χ0n) is 9.91. The van der Waals surface area contributed by atoms with Gasteiger partial charge in [-0.25, -0.2) is 0 Å². The molecule has 0 bridgehead atoms. The number of fused-ring (bicyclic) bond motifs is 1. The number of rotatable bonds is 2. The van der Waals surface area contributed by atoms with Crippen molar-refractivity contribution in [3.05, 3.63) is 78.1 Å². The van der Waals surface area contributed by atoms with E-state index in [0.29, 0.717) is 0 Å². The minimum Gasteiger partial charge on any atom is -0.261 e. The van der Waals surface area contributed by atoms with Gasteiger partial charge >= 0.3 is 0 Å². The molecule has 0 fully saturated rings. The van der Waals surface area contributed by atoms with Crippen LogP contribution in [0.1, 0.15) is 11.3 Å². The molecular weight excluding hydrogens is 242 g/mol. The molecule has 0 amide bonds. The van der Waals surface area contributed by atoms with Crippen LogP contribution in [0.4, 0.5) is 0 Å². The van der Waals surface area contributed by atoms with Crippen molar-refractivity contribution in [2.75, 3.05) is 0 Å². The Bertz CT molecular complexity index is 629. The molecule has 0 saturated carbocycles. The van der Waals surface area contributed by atoms with Gasteiger partial charge in [0.2, 0.25) is 0 Å². The summed E-state index contributed by atoms with van der Waals surface area (Å²) in [7, 11) is 0. The fourth-order valence-electron chi connectivity index (χ4n) is 2.14. The zero-order chi connectivity index (χ0) is 11.5. The molecule has 0 spiro atoms. The number of pyridine rings is 1. The molecule has 0 aliphatic heterocycles. The Labute approximate surface area is 113 Å². The topological polar surface area (TPSA) is 12.9 Å². The summed E-state index contributed by atoms with van der Waals surface area (Å²) in [5.41, 5.74) is 2.45. The molecule has 0 atom stereocenters. The highest BCUT2D eigenvalue weighted by atomic mass is 35.5. The van der Waals surface area contributed by atoms with Gasteiger partial charge in [0.15, 0.2) is 0 Å². The molecule has 2 heteroatoms. The molecule has 1 aromatic heterocycles. The summed E-state index contributed by atoms with van der Waals surface area (Å²) < 4.78 is 0. The van der Waals surface area contributed by atoms with Crippen LogP contribution in [0.2, 0.25) is 0 Å². The Hall–Kier alpha value is -1.86. The van der Waals surface area contributed by atoms with E-state index in [9.17, 15) is 0 Å². The molecule has 0 radical (unpaired) electrons. The van der Waals surface area contributed by atoms with Crippen molar-refractivity contribution in [2.24, 2.45) is 0 Å². The smallest absolute Gasteiger partial charge is 0.0447 e. The van der Waals surface area contributed by atoms with E-state index in [1.807, 2.05) is 18.3 Å². The first-order chi connectivity index (χ1) is 8.43. The van der Waals surface area contributed by atoms with E-state index in [-0.39, 0.29) is 12.4 Å². The van der Waals surface area contributed by atoms with Crippen LogP contribution in [0.5, 0.6) is 0 Å². The van der Waals surface area contributed by atoms with E-state index in [2.05, 4.69) is 53.5 Å². The molecule has 1 nitrogen and oxygen atoms in total. The van der Waals surface area contributed by atoms with Crippen molar-refractivity contribution in [3.8, 4) is 0 Å². The lowest BCUT2D eigenvalue weighted by atomic mass is 10.0. The minimum atomic E-state index is 0. The Morgan fingerprint density at radius 3 is 2.39 bits per heavy atom. The van der Waals surface area contributed by atoms with Crippen molar-refractivity contribution in [1.29, 1.82) is 0 Å². The predicted molar refractivity (Wildman–Crippen MR) is 78.2 cm³/mol. The summed E-state index contributed by atoms with van der Waals surface area (Å²) in [5, 5.41) is 2.61. The first-order valence-corrected chi connectivity index (χ1v) is 5.80. The molecule has 1 heterocycles. The molecule has 0 aliphatic rings. The monoisotopic (exact) mass is 255 g/mol. The standard InChI is InChI=1S/C16H13N.ClH/c1-2-10-16-13(6-1)7-5-8-14(16)12-15-9-3-4-11-17-15;/h1-11H,12H2;1H. The summed E-state index contributed by atoms with van der Waals surface area (Å²) >= 11 is 0. The highest BCUT2D eigenvalue weighted by Crippen LogP contribution is 2.20. The van der Waals surface area contributed by atoms with Crippen LogP contribution in [0, 0.1) is 0 Å². The maximum Gasteiger partial charge on any atom is 0.0447 e. The quantitative estimate of drug-likeness (QED) is 0.667. The van der Waals surface area contributed by atoms with Crippen molar-refractivity contribution < 1.29 is 0 Å². The number of benzene rings is 2. The van der Waals surface area contributed by atoms with Gasteiger partial charge in [0, 0.05) is 18.3 Å². The van der Waals surface area contributed by atoms with Crippen LogP contribution < -0.4 is 0 Å². The molecule has 0 aliphatic carbocycles. The SMILES string of the molecule is Cl.c1ccc(Cc2cccc3ccccc23)nc1. The van der Waals surface area contributed by atoms with Gasteiger partial charge in [0.25, 0.3) is 0 Å². The first kappa shape index (κ1) is 12.6. The van der Waals surface area contributed by atoms with Gasteiger partial charge in [-0.15, -0.1) is 12.4 Å². The zero-order valence-corrected chi connectivity index (χ0v) is 10.7. The van der Waals surface area contributed by atoms with Gasteiger partial charge in [0.05, 0.1) is 0 Å². The summed E-state index contributed by atoms with van der Waals surface area (Å²) in [5.74, 6) is 0. The van der Waals surface area contributed by atoms with Crippen LogP contribution in [-0.4, -0.2) is 4.98 Å². The maximum absolute atomic E-state index is 4.38. The van der Waals surface area contributed by atoms with Gasteiger partial charge in [-0.2, -0.15) is 0 Å². The van der Waals surface area contributed by atoms with E-state index in [4.69, 9.17) is 0 Å². The van der Waals surface area contributed by atoms with Crippen LogP contribution in [0.25, 0.3) is 10.8 Å². The van der Waals surface area contributed by atoms with E-state index in [1.54, 1.807) is 0 Å². The van der Waals surface area contributed by atoms with Crippen LogP contribution in [-0.2, 0) is 6.42 Å².